The van der Waals surface area contributed by atoms with E-state index in [-0.39, 0.29) is 11.9 Å². The van der Waals surface area contributed by atoms with E-state index in [4.69, 9.17) is 0 Å². The summed E-state index contributed by atoms with van der Waals surface area (Å²) < 4.78 is 0. The molecule has 1 amide bonds. The van der Waals surface area contributed by atoms with Gasteiger partial charge in [0, 0.05) is 24.8 Å². The summed E-state index contributed by atoms with van der Waals surface area (Å²) in [7, 11) is 1.80. The molecule has 1 aliphatic carbocycles. The average molecular weight is 290 g/mol. The summed E-state index contributed by atoms with van der Waals surface area (Å²) in [5.41, 5.74) is 1.71. The smallest absolute Gasteiger partial charge is 0.253 e. The third kappa shape index (κ3) is 3.97. The maximum atomic E-state index is 12.5. The van der Waals surface area contributed by atoms with Gasteiger partial charge in [0.25, 0.3) is 5.91 Å². The second kappa shape index (κ2) is 7.46. The van der Waals surface area contributed by atoms with Gasteiger partial charge in [-0.25, -0.2) is 0 Å². The molecule has 0 spiro atoms. The number of carbonyl (C=O) groups excluding carboxylic acids is 1. The first-order valence-corrected chi connectivity index (χ1v) is 7.92. The SMILES string of the molecule is CCCNc1ccc(C(=O)N(C)C2CCCCC2O)cc1. The number of anilines is 1. The third-order valence-corrected chi connectivity index (χ3v) is 4.22. The summed E-state index contributed by atoms with van der Waals surface area (Å²) in [5, 5.41) is 13.4. The van der Waals surface area contributed by atoms with Crippen molar-refractivity contribution in [2.24, 2.45) is 0 Å². The summed E-state index contributed by atoms with van der Waals surface area (Å²) in [6, 6.07) is 7.53. The van der Waals surface area contributed by atoms with E-state index in [1.165, 1.54) is 0 Å². The van der Waals surface area contributed by atoms with Crippen LogP contribution in [-0.4, -0.2) is 41.7 Å². The van der Waals surface area contributed by atoms with E-state index in [0.717, 1.165) is 44.3 Å². The highest BCUT2D eigenvalue weighted by Crippen LogP contribution is 2.23. The summed E-state index contributed by atoms with van der Waals surface area (Å²) >= 11 is 0. The van der Waals surface area contributed by atoms with Gasteiger partial charge in [-0.05, 0) is 43.5 Å². The molecule has 4 heteroatoms. The van der Waals surface area contributed by atoms with E-state index in [1.807, 2.05) is 24.3 Å². The van der Waals surface area contributed by atoms with E-state index < -0.39 is 6.10 Å². The van der Waals surface area contributed by atoms with Crippen LogP contribution in [0.15, 0.2) is 24.3 Å². The van der Waals surface area contributed by atoms with Crippen LogP contribution in [0, 0.1) is 0 Å². The lowest BCUT2D eigenvalue weighted by atomic mass is 9.91. The molecule has 0 aliphatic heterocycles. The first-order valence-electron chi connectivity index (χ1n) is 7.92. The number of benzene rings is 1. The predicted octanol–water partition coefficient (Wildman–Crippen LogP) is 2.88. The number of aliphatic hydroxyl groups is 1. The molecule has 2 N–H and O–H groups in total. The zero-order chi connectivity index (χ0) is 15.2. The Bertz CT molecular complexity index is 458. The van der Waals surface area contributed by atoms with Crippen molar-refractivity contribution in [2.45, 2.75) is 51.2 Å². The molecule has 1 aromatic rings. The fraction of sp³-hybridized carbons (Fsp3) is 0.588. The number of nitrogens with zero attached hydrogens (tertiary/aromatic N) is 1. The first kappa shape index (κ1) is 15.8. The Balaban J connectivity index is 2.01. The first-order chi connectivity index (χ1) is 10.1. The lowest BCUT2D eigenvalue weighted by Gasteiger charge is -2.35. The van der Waals surface area contributed by atoms with Crippen LogP contribution in [0.2, 0.25) is 0 Å². The second-order valence-electron chi connectivity index (χ2n) is 5.84. The van der Waals surface area contributed by atoms with Gasteiger partial charge in [0.15, 0.2) is 0 Å². The molecule has 21 heavy (non-hydrogen) atoms. The summed E-state index contributed by atoms with van der Waals surface area (Å²) in [6.07, 6.45) is 4.50. The summed E-state index contributed by atoms with van der Waals surface area (Å²) in [4.78, 5) is 14.2. The second-order valence-corrected chi connectivity index (χ2v) is 5.84. The minimum Gasteiger partial charge on any atom is -0.391 e. The minimum absolute atomic E-state index is 0.0111. The van der Waals surface area contributed by atoms with Gasteiger partial charge in [0.2, 0.25) is 0 Å². The van der Waals surface area contributed by atoms with E-state index in [9.17, 15) is 9.90 Å². The van der Waals surface area contributed by atoms with E-state index in [2.05, 4.69) is 12.2 Å². The highest BCUT2D eigenvalue weighted by molar-refractivity contribution is 5.94. The third-order valence-electron chi connectivity index (χ3n) is 4.22. The van der Waals surface area contributed by atoms with Crippen molar-refractivity contribution in [2.75, 3.05) is 18.9 Å². The van der Waals surface area contributed by atoms with Gasteiger partial charge in [0.1, 0.15) is 0 Å². The molecule has 2 unspecified atom stereocenters. The van der Waals surface area contributed by atoms with Gasteiger partial charge in [-0.2, -0.15) is 0 Å². The number of amides is 1. The molecular formula is C17H26N2O2. The van der Waals surface area contributed by atoms with Gasteiger partial charge in [0.05, 0.1) is 12.1 Å². The van der Waals surface area contributed by atoms with Crippen LogP contribution in [0.5, 0.6) is 0 Å². The van der Waals surface area contributed by atoms with Gasteiger partial charge in [-0.3, -0.25) is 4.79 Å². The van der Waals surface area contributed by atoms with Gasteiger partial charge < -0.3 is 15.3 Å². The topological polar surface area (TPSA) is 52.6 Å². The van der Waals surface area contributed by atoms with Crippen LogP contribution in [0.25, 0.3) is 0 Å². The molecule has 1 aliphatic rings. The van der Waals surface area contributed by atoms with Gasteiger partial charge in [-0.1, -0.05) is 19.8 Å². The van der Waals surface area contributed by atoms with Crippen molar-refractivity contribution in [3.05, 3.63) is 29.8 Å². The van der Waals surface area contributed by atoms with Crippen LogP contribution in [-0.2, 0) is 0 Å². The highest BCUT2D eigenvalue weighted by atomic mass is 16.3. The normalized spacial score (nSPS) is 21.9. The van der Waals surface area contributed by atoms with Crippen LogP contribution >= 0.6 is 0 Å². The molecule has 1 saturated carbocycles. The standard InChI is InChI=1S/C17H26N2O2/c1-3-12-18-14-10-8-13(9-11-14)17(21)19(2)15-6-4-5-7-16(15)20/h8-11,15-16,18,20H,3-7,12H2,1-2H3. The average Bonchev–Trinajstić information content (AvgIpc) is 2.52. The molecule has 0 saturated heterocycles. The van der Waals surface area contributed by atoms with Crippen LogP contribution < -0.4 is 5.32 Å². The van der Waals surface area contributed by atoms with E-state index in [0.29, 0.717) is 5.56 Å². The molecular weight excluding hydrogens is 264 g/mol. The Kier molecular flexibility index (Phi) is 5.62. The molecule has 1 aromatic carbocycles. The Labute approximate surface area is 127 Å². The Morgan fingerprint density at radius 1 is 1.29 bits per heavy atom. The molecule has 0 radical (unpaired) electrons. The van der Waals surface area contributed by atoms with Crippen molar-refractivity contribution in [3.63, 3.8) is 0 Å². The number of nitrogens with one attached hydrogen (secondary N) is 1. The quantitative estimate of drug-likeness (QED) is 0.876. The van der Waals surface area contributed by atoms with Crippen LogP contribution in [0.1, 0.15) is 49.4 Å². The number of aliphatic hydroxyl groups excluding tert-OH is 1. The van der Waals surface area contributed by atoms with Crippen LogP contribution in [0.3, 0.4) is 0 Å². The van der Waals surface area contributed by atoms with Crippen molar-refractivity contribution < 1.29 is 9.90 Å². The number of likely N-dealkylation sites (N-methyl/N-ethyl adjacent to an activating group) is 1. The largest absolute Gasteiger partial charge is 0.391 e. The highest BCUT2D eigenvalue weighted by Gasteiger charge is 2.29. The van der Waals surface area contributed by atoms with Gasteiger partial charge in [-0.15, -0.1) is 0 Å². The number of hydrogen-bond donors (Lipinski definition) is 2. The Hall–Kier alpha value is -1.55. The minimum atomic E-state index is -0.391. The number of hydrogen-bond acceptors (Lipinski definition) is 3. The fourth-order valence-corrected chi connectivity index (χ4v) is 2.90. The molecule has 0 heterocycles. The van der Waals surface area contributed by atoms with Crippen molar-refractivity contribution in [3.8, 4) is 0 Å². The van der Waals surface area contributed by atoms with Crippen molar-refractivity contribution >= 4 is 11.6 Å². The molecule has 1 fully saturated rings. The zero-order valence-electron chi connectivity index (χ0n) is 13.0. The maximum absolute atomic E-state index is 12.5. The molecule has 2 atom stereocenters. The molecule has 0 aromatic heterocycles. The zero-order valence-corrected chi connectivity index (χ0v) is 13.0. The van der Waals surface area contributed by atoms with E-state index >= 15 is 0 Å². The monoisotopic (exact) mass is 290 g/mol. The maximum Gasteiger partial charge on any atom is 0.253 e. The lowest BCUT2D eigenvalue weighted by Crippen LogP contribution is -2.46. The van der Waals surface area contributed by atoms with E-state index in [1.54, 1.807) is 11.9 Å². The predicted molar refractivity (Wildman–Crippen MR) is 85.6 cm³/mol. The molecule has 0 bridgehead atoms. The summed E-state index contributed by atoms with van der Waals surface area (Å²) in [6.45, 7) is 3.05. The Morgan fingerprint density at radius 3 is 2.57 bits per heavy atom. The van der Waals surface area contributed by atoms with Gasteiger partial charge >= 0.3 is 0 Å². The fourth-order valence-electron chi connectivity index (χ4n) is 2.90. The summed E-state index contributed by atoms with van der Waals surface area (Å²) in [5.74, 6) is -0.0111. The number of carbonyl (C=O) groups is 1. The lowest BCUT2D eigenvalue weighted by molar-refractivity contribution is 0.0268. The van der Waals surface area contributed by atoms with Crippen molar-refractivity contribution in [1.82, 2.24) is 4.90 Å². The van der Waals surface area contributed by atoms with Crippen LogP contribution in [0.4, 0.5) is 5.69 Å². The molecule has 4 nitrogen and oxygen atoms in total. The molecule has 116 valence electrons. The Morgan fingerprint density at radius 2 is 1.95 bits per heavy atom. The number of rotatable bonds is 5. The van der Waals surface area contributed by atoms with Crippen molar-refractivity contribution in [1.29, 1.82) is 0 Å². The molecule has 2 rings (SSSR count).